The van der Waals surface area contributed by atoms with E-state index in [0.717, 1.165) is 19.6 Å². The summed E-state index contributed by atoms with van der Waals surface area (Å²) in [4.78, 5) is 0. The summed E-state index contributed by atoms with van der Waals surface area (Å²) in [5.74, 6) is 0.568. The molecule has 0 aromatic heterocycles. The number of fused-ring (bicyclic) bond motifs is 1. The molecule has 0 unspecified atom stereocenters. The second-order valence-electron chi connectivity index (χ2n) is 5.20. The molecular weight excluding hydrogens is 220 g/mol. The van der Waals surface area contributed by atoms with Crippen LogP contribution in [0.25, 0.3) is 0 Å². The molecule has 0 spiro atoms. The van der Waals surface area contributed by atoms with Crippen LogP contribution in [0.2, 0.25) is 0 Å². The maximum Gasteiger partial charge on any atom is 0.0686 e. The Balaban J connectivity index is 1.71. The van der Waals surface area contributed by atoms with E-state index >= 15 is 0 Å². The van der Waals surface area contributed by atoms with E-state index in [9.17, 15) is 0 Å². The lowest BCUT2D eigenvalue weighted by molar-refractivity contribution is 0.195. The fourth-order valence-corrected chi connectivity index (χ4v) is 2.94. The number of rotatable bonds is 3. The van der Waals surface area contributed by atoms with Crippen LogP contribution in [0.5, 0.6) is 0 Å². The van der Waals surface area contributed by atoms with Gasteiger partial charge >= 0.3 is 0 Å². The topological polar surface area (TPSA) is 9.23 Å². The largest absolute Gasteiger partial charge is 0.376 e. The van der Waals surface area contributed by atoms with Gasteiger partial charge in [-0.1, -0.05) is 48.1 Å². The third-order valence-corrected chi connectivity index (χ3v) is 4.00. The molecule has 1 fully saturated rings. The van der Waals surface area contributed by atoms with Crippen molar-refractivity contribution in [1.82, 2.24) is 0 Å². The Bertz CT molecular complexity index is 456. The molecule has 1 saturated heterocycles. The summed E-state index contributed by atoms with van der Waals surface area (Å²) in [5, 5.41) is 0. The molecule has 0 saturated carbocycles. The average molecular weight is 240 g/mol. The van der Waals surface area contributed by atoms with Gasteiger partial charge in [0, 0.05) is 5.92 Å². The zero-order chi connectivity index (χ0) is 12.2. The quantitative estimate of drug-likeness (QED) is 0.728. The van der Waals surface area contributed by atoms with E-state index in [1.807, 2.05) is 0 Å². The lowest BCUT2D eigenvalue weighted by atomic mass is 9.93. The van der Waals surface area contributed by atoms with Gasteiger partial charge in [-0.25, -0.2) is 0 Å². The normalized spacial score (nSPS) is 23.0. The van der Waals surface area contributed by atoms with Crippen molar-refractivity contribution in [2.45, 2.75) is 25.7 Å². The molecular formula is C17H20O. The highest BCUT2D eigenvalue weighted by atomic mass is 16.5. The molecule has 0 amide bonds. The molecule has 1 heteroatoms. The number of aryl methyl sites for hydroxylation is 1. The highest BCUT2D eigenvalue weighted by Crippen LogP contribution is 2.31. The predicted molar refractivity (Wildman–Crippen MR) is 74.5 cm³/mol. The second kappa shape index (κ2) is 5.53. The summed E-state index contributed by atoms with van der Waals surface area (Å²) < 4.78 is 5.62. The lowest BCUT2D eigenvalue weighted by Gasteiger charge is -2.11. The fraction of sp³-hybridized carbons (Fsp3) is 0.412. The third kappa shape index (κ3) is 2.56. The minimum atomic E-state index is 0.568. The summed E-state index contributed by atoms with van der Waals surface area (Å²) in [5.41, 5.74) is 4.66. The van der Waals surface area contributed by atoms with E-state index in [4.69, 9.17) is 4.74 Å². The van der Waals surface area contributed by atoms with Gasteiger partial charge in [-0.3, -0.25) is 0 Å². The van der Waals surface area contributed by atoms with Gasteiger partial charge in [0.1, 0.15) is 0 Å². The average Bonchev–Trinajstić information content (AvgIpc) is 2.80. The Kier molecular flexibility index (Phi) is 3.61. The highest BCUT2D eigenvalue weighted by molar-refractivity contribution is 5.28. The van der Waals surface area contributed by atoms with Crippen molar-refractivity contribution in [3.8, 4) is 0 Å². The summed E-state index contributed by atoms with van der Waals surface area (Å²) >= 11 is 0. The van der Waals surface area contributed by atoms with Gasteiger partial charge in [0.05, 0.1) is 13.2 Å². The van der Waals surface area contributed by atoms with Crippen molar-refractivity contribution in [2.75, 3.05) is 13.2 Å². The first kappa shape index (κ1) is 11.7. The molecule has 1 aromatic carbocycles. The molecule has 1 heterocycles. The van der Waals surface area contributed by atoms with Crippen LogP contribution in [0.15, 0.2) is 53.6 Å². The zero-order valence-corrected chi connectivity index (χ0v) is 10.8. The molecule has 1 nitrogen and oxygen atoms in total. The Morgan fingerprint density at radius 3 is 2.89 bits per heavy atom. The van der Waals surface area contributed by atoms with Crippen LogP contribution in [-0.4, -0.2) is 13.2 Å². The van der Waals surface area contributed by atoms with Crippen LogP contribution >= 0.6 is 0 Å². The lowest BCUT2D eigenvalue weighted by Crippen LogP contribution is -2.01. The van der Waals surface area contributed by atoms with Crippen molar-refractivity contribution < 1.29 is 4.74 Å². The number of benzene rings is 1. The smallest absolute Gasteiger partial charge is 0.0686 e. The first-order valence-corrected chi connectivity index (χ1v) is 6.92. The number of hydrogen-bond donors (Lipinski definition) is 0. The summed E-state index contributed by atoms with van der Waals surface area (Å²) in [7, 11) is 0. The monoisotopic (exact) mass is 240 g/mol. The van der Waals surface area contributed by atoms with Gasteiger partial charge in [0.15, 0.2) is 0 Å². The standard InChI is InChI=1S/C17H20O/c1-2-6-14(7-3-1)10-11-15-8-4-5-9-16-12-18-13-17(15)16/h1-3,5-7,9,16H,4,8,10-13H2/t16-/m0/s1. The van der Waals surface area contributed by atoms with Gasteiger partial charge in [-0.15, -0.1) is 0 Å². The van der Waals surface area contributed by atoms with Crippen molar-refractivity contribution >= 4 is 0 Å². The van der Waals surface area contributed by atoms with E-state index in [0.29, 0.717) is 5.92 Å². The van der Waals surface area contributed by atoms with Crippen molar-refractivity contribution in [3.63, 3.8) is 0 Å². The zero-order valence-electron chi connectivity index (χ0n) is 10.8. The van der Waals surface area contributed by atoms with E-state index in [1.165, 1.54) is 24.8 Å². The Hall–Kier alpha value is -1.34. The van der Waals surface area contributed by atoms with Crippen LogP contribution in [0.3, 0.4) is 0 Å². The molecule has 0 radical (unpaired) electrons. The highest BCUT2D eigenvalue weighted by Gasteiger charge is 2.23. The van der Waals surface area contributed by atoms with Crippen molar-refractivity contribution in [1.29, 1.82) is 0 Å². The van der Waals surface area contributed by atoms with Crippen LogP contribution in [0.4, 0.5) is 0 Å². The molecule has 2 aliphatic rings. The minimum Gasteiger partial charge on any atom is -0.376 e. The SMILES string of the molecule is C1=C[C@H]2COCC2=C(CCc2ccccc2)CC1. The first-order valence-electron chi connectivity index (χ1n) is 6.92. The summed E-state index contributed by atoms with van der Waals surface area (Å²) in [6.07, 6.45) is 9.45. The van der Waals surface area contributed by atoms with Gasteiger partial charge in [-0.2, -0.15) is 0 Å². The van der Waals surface area contributed by atoms with Crippen LogP contribution in [-0.2, 0) is 11.2 Å². The maximum absolute atomic E-state index is 5.62. The van der Waals surface area contributed by atoms with E-state index in [-0.39, 0.29) is 0 Å². The Morgan fingerprint density at radius 1 is 1.11 bits per heavy atom. The van der Waals surface area contributed by atoms with Gasteiger partial charge in [-0.05, 0) is 36.8 Å². The van der Waals surface area contributed by atoms with Crippen molar-refractivity contribution in [3.05, 3.63) is 59.2 Å². The molecule has 18 heavy (non-hydrogen) atoms. The van der Waals surface area contributed by atoms with E-state index < -0.39 is 0 Å². The molecule has 0 bridgehead atoms. The van der Waals surface area contributed by atoms with Crippen LogP contribution < -0.4 is 0 Å². The Morgan fingerprint density at radius 2 is 2.00 bits per heavy atom. The molecule has 1 aliphatic heterocycles. The van der Waals surface area contributed by atoms with Crippen LogP contribution in [0.1, 0.15) is 24.8 Å². The second-order valence-corrected chi connectivity index (χ2v) is 5.20. The third-order valence-electron chi connectivity index (χ3n) is 4.00. The predicted octanol–water partition coefficient (Wildman–Crippen LogP) is 3.91. The summed E-state index contributed by atoms with van der Waals surface area (Å²) in [6.45, 7) is 1.75. The molecule has 1 aliphatic carbocycles. The minimum absolute atomic E-state index is 0.568. The number of ether oxygens (including phenoxy) is 1. The molecule has 94 valence electrons. The number of hydrogen-bond acceptors (Lipinski definition) is 1. The number of allylic oxidation sites excluding steroid dienone is 2. The first-order chi connectivity index (χ1) is 8.93. The van der Waals surface area contributed by atoms with Gasteiger partial charge in [0.25, 0.3) is 0 Å². The van der Waals surface area contributed by atoms with Gasteiger partial charge in [0.2, 0.25) is 0 Å². The van der Waals surface area contributed by atoms with Crippen LogP contribution in [0, 0.1) is 5.92 Å². The van der Waals surface area contributed by atoms with E-state index in [2.05, 4.69) is 42.5 Å². The maximum atomic E-state index is 5.62. The fourth-order valence-electron chi connectivity index (χ4n) is 2.94. The summed E-state index contributed by atoms with van der Waals surface area (Å²) in [6, 6.07) is 10.8. The van der Waals surface area contributed by atoms with E-state index in [1.54, 1.807) is 11.1 Å². The molecule has 1 atom stereocenters. The molecule has 1 aromatic rings. The molecule has 0 N–H and O–H groups in total. The van der Waals surface area contributed by atoms with Gasteiger partial charge < -0.3 is 4.74 Å². The Labute approximate surface area is 109 Å². The molecule has 3 rings (SSSR count). The van der Waals surface area contributed by atoms with Crippen molar-refractivity contribution in [2.24, 2.45) is 5.92 Å².